The van der Waals surface area contributed by atoms with Crippen molar-refractivity contribution >= 4 is 0 Å². The van der Waals surface area contributed by atoms with Gasteiger partial charge in [0.25, 0.3) is 0 Å². The average Bonchev–Trinajstić information content (AvgIpc) is 2.53. The van der Waals surface area contributed by atoms with Crippen molar-refractivity contribution in [2.75, 3.05) is 66.0 Å². The van der Waals surface area contributed by atoms with Gasteiger partial charge in [0.15, 0.2) is 0 Å². The van der Waals surface area contributed by atoms with Crippen LogP contribution < -0.4 is 5.32 Å². The minimum absolute atomic E-state index is 0.673. The minimum atomic E-state index is 0.673. The number of hydrogen-bond acceptors (Lipinski definition) is 4. The quantitative estimate of drug-likeness (QED) is 0.716. The van der Waals surface area contributed by atoms with E-state index in [1.807, 2.05) is 0 Å². The van der Waals surface area contributed by atoms with Gasteiger partial charge in [0.1, 0.15) is 0 Å². The molecule has 0 aromatic heterocycles. The molecule has 1 N–H and O–H groups in total. The lowest BCUT2D eigenvalue weighted by atomic mass is 9.91. The highest BCUT2D eigenvalue weighted by atomic mass is 15.2. The molecule has 0 aromatic rings. The van der Waals surface area contributed by atoms with E-state index in [-0.39, 0.29) is 0 Å². The highest BCUT2D eigenvalue weighted by Gasteiger charge is 2.23. The van der Waals surface area contributed by atoms with Gasteiger partial charge in [-0.15, -0.1) is 0 Å². The van der Waals surface area contributed by atoms with Crippen LogP contribution in [0.3, 0.4) is 0 Å². The van der Waals surface area contributed by atoms with E-state index in [9.17, 15) is 0 Å². The van der Waals surface area contributed by atoms with E-state index in [2.05, 4.69) is 40.9 Å². The lowest BCUT2D eigenvalue weighted by Gasteiger charge is -2.36. The van der Waals surface area contributed by atoms with E-state index in [1.54, 1.807) is 0 Å². The molecule has 0 amide bonds. The van der Waals surface area contributed by atoms with Crippen LogP contribution >= 0.6 is 0 Å². The Kier molecular flexibility index (Phi) is 7.44. The Balaban J connectivity index is 1.55. The molecule has 0 bridgehead atoms. The van der Waals surface area contributed by atoms with Crippen LogP contribution in [0.25, 0.3) is 0 Å². The molecule has 2 atom stereocenters. The van der Waals surface area contributed by atoms with Gasteiger partial charge in [0, 0.05) is 38.8 Å². The summed E-state index contributed by atoms with van der Waals surface area (Å²) in [4.78, 5) is 7.65. The van der Waals surface area contributed by atoms with Gasteiger partial charge in [-0.25, -0.2) is 0 Å². The van der Waals surface area contributed by atoms with E-state index >= 15 is 0 Å². The predicted octanol–water partition coefficient (Wildman–Crippen LogP) is 1.33. The summed E-state index contributed by atoms with van der Waals surface area (Å²) in [7, 11) is 2.23. The van der Waals surface area contributed by atoms with Crippen molar-refractivity contribution in [2.24, 2.45) is 5.92 Å². The molecule has 0 aromatic carbocycles. The van der Waals surface area contributed by atoms with Crippen LogP contribution in [0.2, 0.25) is 0 Å². The molecule has 2 rings (SSSR count). The van der Waals surface area contributed by atoms with Crippen LogP contribution in [-0.2, 0) is 0 Å². The van der Waals surface area contributed by atoms with Gasteiger partial charge in [-0.2, -0.15) is 0 Å². The number of nitrogens with zero attached hydrogens (tertiary/aromatic N) is 3. The Labute approximate surface area is 131 Å². The normalized spacial score (nSPS) is 27.9. The van der Waals surface area contributed by atoms with Crippen molar-refractivity contribution in [1.82, 2.24) is 20.0 Å². The Morgan fingerprint density at radius 2 is 1.86 bits per heavy atom. The fourth-order valence-corrected chi connectivity index (χ4v) is 3.66. The molecule has 2 fully saturated rings. The van der Waals surface area contributed by atoms with E-state index in [1.165, 1.54) is 78.2 Å². The summed E-state index contributed by atoms with van der Waals surface area (Å²) in [5, 5.41) is 3.78. The minimum Gasteiger partial charge on any atom is -0.314 e. The molecule has 2 saturated heterocycles. The number of nitrogens with one attached hydrogen (secondary N) is 1. The van der Waals surface area contributed by atoms with Crippen LogP contribution in [0.4, 0.5) is 0 Å². The second-order valence-corrected chi connectivity index (χ2v) is 7.04. The molecule has 2 heterocycles. The maximum absolute atomic E-state index is 3.78. The van der Waals surface area contributed by atoms with Gasteiger partial charge >= 0.3 is 0 Å². The molecule has 2 aliphatic heterocycles. The van der Waals surface area contributed by atoms with Crippen molar-refractivity contribution in [3.8, 4) is 0 Å². The van der Waals surface area contributed by atoms with Crippen molar-refractivity contribution in [3.63, 3.8) is 0 Å². The first kappa shape index (κ1) is 17.2. The Hall–Kier alpha value is -0.160. The molecule has 21 heavy (non-hydrogen) atoms. The highest BCUT2D eigenvalue weighted by molar-refractivity contribution is 4.80. The number of likely N-dealkylation sites (N-methyl/N-ethyl adjacent to an activating group) is 1. The Morgan fingerprint density at radius 3 is 2.57 bits per heavy atom. The summed E-state index contributed by atoms with van der Waals surface area (Å²) < 4.78 is 0. The third-order valence-electron chi connectivity index (χ3n) is 5.41. The molecule has 4 nitrogen and oxygen atoms in total. The van der Waals surface area contributed by atoms with Gasteiger partial charge in [-0.1, -0.05) is 6.92 Å². The van der Waals surface area contributed by atoms with Crippen molar-refractivity contribution in [2.45, 2.75) is 39.2 Å². The van der Waals surface area contributed by atoms with E-state index in [0.29, 0.717) is 6.04 Å². The zero-order chi connectivity index (χ0) is 15.1. The van der Waals surface area contributed by atoms with Crippen LogP contribution in [0, 0.1) is 5.92 Å². The molecular weight excluding hydrogens is 260 g/mol. The monoisotopic (exact) mass is 296 g/mol. The molecule has 0 saturated carbocycles. The van der Waals surface area contributed by atoms with Gasteiger partial charge in [-0.05, 0) is 65.3 Å². The first-order valence-electron chi connectivity index (χ1n) is 9.05. The number of likely N-dealkylation sites (tertiary alicyclic amines) is 1. The summed E-state index contributed by atoms with van der Waals surface area (Å²) in [5.74, 6) is 0.849. The number of piperazine rings is 1. The molecule has 2 aliphatic rings. The van der Waals surface area contributed by atoms with Crippen LogP contribution in [0.1, 0.15) is 33.1 Å². The standard InChI is InChI=1S/C17H36N4/c1-4-20-9-5-7-17(15-20)16(2)18-8-6-10-21-13-11-19(3)12-14-21/h16-18H,4-15H2,1-3H3. The van der Waals surface area contributed by atoms with Gasteiger partial charge < -0.3 is 20.0 Å². The summed E-state index contributed by atoms with van der Waals surface area (Å²) >= 11 is 0. The Bertz CT molecular complexity index is 276. The molecule has 2 unspecified atom stereocenters. The van der Waals surface area contributed by atoms with Crippen LogP contribution in [0.5, 0.6) is 0 Å². The smallest absolute Gasteiger partial charge is 0.0110 e. The number of piperidine rings is 1. The van der Waals surface area contributed by atoms with Crippen molar-refractivity contribution in [3.05, 3.63) is 0 Å². The van der Waals surface area contributed by atoms with E-state index < -0.39 is 0 Å². The lowest BCUT2D eigenvalue weighted by Crippen LogP contribution is -2.46. The van der Waals surface area contributed by atoms with Crippen LogP contribution in [-0.4, -0.2) is 86.7 Å². The van der Waals surface area contributed by atoms with Crippen LogP contribution in [0.15, 0.2) is 0 Å². The van der Waals surface area contributed by atoms with Gasteiger partial charge in [-0.3, -0.25) is 0 Å². The fourth-order valence-electron chi connectivity index (χ4n) is 3.66. The zero-order valence-corrected chi connectivity index (χ0v) is 14.5. The molecule has 124 valence electrons. The number of rotatable bonds is 7. The largest absolute Gasteiger partial charge is 0.314 e. The number of hydrogen-bond donors (Lipinski definition) is 1. The lowest BCUT2D eigenvalue weighted by molar-refractivity contribution is 0.146. The summed E-state index contributed by atoms with van der Waals surface area (Å²) in [6.07, 6.45) is 4.08. The average molecular weight is 297 g/mol. The predicted molar refractivity (Wildman–Crippen MR) is 90.9 cm³/mol. The second kappa shape index (κ2) is 9.09. The summed E-state index contributed by atoms with van der Waals surface area (Å²) in [5.41, 5.74) is 0. The summed E-state index contributed by atoms with van der Waals surface area (Å²) in [6, 6.07) is 0.673. The SMILES string of the molecule is CCN1CCCC(C(C)NCCCN2CCN(C)CC2)C1. The van der Waals surface area contributed by atoms with Crippen molar-refractivity contribution < 1.29 is 0 Å². The summed E-state index contributed by atoms with van der Waals surface area (Å²) in [6.45, 7) is 15.9. The maximum atomic E-state index is 3.78. The fraction of sp³-hybridized carbons (Fsp3) is 1.00. The van der Waals surface area contributed by atoms with E-state index in [0.717, 1.165) is 5.92 Å². The second-order valence-electron chi connectivity index (χ2n) is 7.04. The van der Waals surface area contributed by atoms with Gasteiger partial charge in [0.05, 0.1) is 0 Å². The first-order valence-corrected chi connectivity index (χ1v) is 9.05. The first-order chi connectivity index (χ1) is 10.2. The van der Waals surface area contributed by atoms with Gasteiger partial charge in [0.2, 0.25) is 0 Å². The molecule has 0 spiro atoms. The molecular formula is C17H36N4. The van der Waals surface area contributed by atoms with E-state index in [4.69, 9.17) is 0 Å². The highest BCUT2D eigenvalue weighted by Crippen LogP contribution is 2.19. The molecule has 4 heteroatoms. The zero-order valence-electron chi connectivity index (χ0n) is 14.5. The topological polar surface area (TPSA) is 21.8 Å². The third-order valence-corrected chi connectivity index (χ3v) is 5.41. The molecule has 0 radical (unpaired) electrons. The molecule has 0 aliphatic carbocycles. The maximum Gasteiger partial charge on any atom is 0.0110 e. The third kappa shape index (κ3) is 5.85. The van der Waals surface area contributed by atoms with Crippen molar-refractivity contribution in [1.29, 1.82) is 0 Å². The Morgan fingerprint density at radius 1 is 1.10 bits per heavy atom.